The molecule has 0 aliphatic heterocycles. The van der Waals surface area contributed by atoms with Crippen LogP contribution in [0.3, 0.4) is 0 Å². The predicted molar refractivity (Wildman–Crippen MR) is 53.9 cm³/mol. The van der Waals surface area contributed by atoms with E-state index < -0.39 is 0 Å². The second-order valence-electron chi connectivity index (χ2n) is 3.37. The lowest BCUT2D eigenvalue weighted by atomic mass is 10.2. The average molecular weight is 187 g/mol. The molecule has 0 atom stereocenters. The van der Waals surface area contributed by atoms with Crippen LogP contribution in [0.5, 0.6) is 0 Å². The Labute approximate surface area is 81.1 Å². The minimum absolute atomic E-state index is 0.336. The normalized spacial score (nSPS) is 10.8. The molecule has 0 heterocycles. The van der Waals surface area contributed by atoms with Crippen molar-refractivity contribution in [2.24, 2.45) is 0 Å². The van der Waals surface area contributed by atoms with Gasteiger partial charge in [0.05, 0.1) is 6.54 Å². The number of ether oxygens (including phenoxy) is 1. The molecule has 0 rings (SSSR count). The molecule has 0 aromatic carbocycles. The Morgan fingerprint density at radius 1 is 1.46 bits per heavy atom. The lowest BCUT2D eigenvalue weighted by Gasteiger charge is -2.14. The number of likely N-dealkylation sites (N-methyl/N-ethyl adjacent to an activating group) is 1. The highest BCUT2D eigenvalue weighted by Gasteiger charge is 2.04. The van der Waals surface area contributed by atoms with E-state index in [1.807, 2.05) is 14.0 Å². The topological polar surface area (TPSA) is 29.5 Å². The van der Waals surface area contributed by atoms with Gasteiger partial charge in [0.1, 0.15) is 5.78 Å². The highest BCUT2D eigenvalue weighted by atomic mass is 16.5. The molecule has 0 unspecified atom stereocenters. The van der Waals surface area contributed by atoms with Gasteiger partial charge >= 0.3 is 0 Å². The van der Waals surface area contributed by atoms with Crippen molar-refractivity contribution in [1.29, 1.82) is 0 Å². The quantitative estimate of drug-likeness (QED) is 0.537. The highest BCUT2D eigenvalue weighted by Crippen LogP contribution is 1.93. The van der Waals surface area contributed by atoms with Crippen molar-refractivity contribution in [3.63, 3.8) is 0 Å². The first kappa shape index (κ1) is 12.6. The van der Waals surface area contributed by atoms with Gasteiger partial charge in [-0.2, -0.15) is 0 Å². The van der Waals surface area contributed by atoms with E-state index in [1.54, 1.807) is 7.11 Å². The Hall–Kier alpha value is -0.410. The lowest BCUT2D eigenvalue weighted by Crippen LogP contribution is -2.27. The number of hydrogen-bond acceptors (Lipinski definition) is 3. The molecule has 0 saturated heterocycles. The number of hydrogen-bond donors (Lipinski definition) is 0. The smallest absolute Gasteiger partial charge is 0.146 e. The van der Waals surface area contributed by atoms with E-state index in [9.17, 15) is 4.79 Å². The highest BCUT2D eigenvalue weighted by molar-refractivity contribution is 5.80. The number of nitrogens with zero attached hydrogens (tertiary/aromatic N) is 1. The van der Waals surface area contributed by atoms with Crippen LogP contribution in [0.15, 0.2) is 0 Å². The molecule has 3 nitrogen and oxygen atoms in total. The maximum atomic E-state index is 11.2. The van der Waals surface area contributed by atoms with Crippen molar-refractivity contribution < 1.29 is 9.53 Å². The van der Waals surface area contributed by atoms with Gasteiger partial charge in [0, 0.05) is 26.7 Å². The molecule has 0 aromatic heterocycles. The van der Waals surface area contributed by atoms with Crippen LogP contribution in [0.25, 0.3) is 0 Å². The van der Waals surface area contributed by atoms with Gasteiger partial charge in [-0.05, 0) is 19.9 Å². The SMILES string of the molecule is CCCC(=O)CN(C)CCCOC. The zero-order chi connectivity index (χ0) is 10.1. The molecule has 78 valence electrons. The molecule has 0 N–H and O–H groups in total. The minimum Gasteiger partial charge on any atom is -0.385 e. The van der Waals surface area contributed by atoms with E-state index in [4.69, 9.17) is 4.74 Å². The van der Waals surface area contributed by atoms with Crippen LogP contribution in [0.1, 0.15) is 26.2 Å². The summed E-state index contributed by atoms with van der Waals surface area (Å²) >= 11 is 0. The third-order valence-electron chi connectivity index (χ3n) is 1.86. The number of ketones is 1. The van der Waals surface area contributed by atoms with Crippen LogP contribution < -0.4 is 0 Å². The molecular formula is C10H21NO2. The molecule has 0 amide bonds. The fourth-order valence-electron chi connectivity index (χ4n) is 1.22. The second-order valence-corrected chi connectivity index (χ2v) is 3.37. The van der Waals surface area contributed by atoms with Crippen molar-refractivity contribution in [3.05, 3.63) is 0 Å². The maximum Gasteiger partial charge on any atom is 0.146 e. The largest absolute Gasteiger partial charge is 0.385 e. The number of carbonyl (C=O) groups excluding carboxylic acids is 1. The minimum atomic E-state index is 0.336. The van der Waals surface area contributed by atoms with E-state index in [-0.39, 0.29) is 0 Å². The second kappa shape index (κ2) is 8.20. The summed E-state index contributed by atoms with van der Waals surface area (Å²) in [6.07, 6.45) is 2.64. The van der Waals surface area contributed by atoms with Gasteiger partial charge in [0.15, 0.2) is 0 Å². The van der Waals surface area contributed by atoms with Crippen LogP contribution in [0.2, 0.25) is 0 Å². The first-order valence-electron chi connectivity index (χ1n) is 4.89. The molecule has 0 bridgehead atoms. The van der Waals surface area contributed by atoms with Gasteiger partial charge in [-0.3, -0.25) is 9.69 Å². The Morgan fingerprint density at radius 3 is 2.69 bits per heavy atom. The van der Waals surface area contributed by atoms with E-state index in [0.29, 0.717) is 18.7 Å². The van der Waals surface area contributed by atoms with Crippen LogP contribution >= 0.6 is 0 Å². The summed E-state index contributed by atoms with van der Waals surface area (Å²) in [6.45, 7) is 4.32. The van der Waals surface area contributed by atoms with Gasteiger partial charge in [-0.15, -0.1) is 0 Å². The fraction of sp³-hybridized carbons (Fsp3) is 0.900. The van der Waals surface area contributed by atoms with Crippen LogP contribution in [0.4, 0.5) is 0 Å². The molecular weight excluding hydrogens is 166 g/mol. The summed E-state index contributed by atoms with van der Waals surface area (Å²) in [4.78, 5) is 13.3. The van der Waals surface area contributed by atoms with Crippen LogP contribution in [-0.4, -0.2) is 44.5 Å². The molecule has 0 fully saturated rings. The van der Waals surface area contributed by atoms with Crippen molar-refractivity contribution >= 4 is 5.78 Å². The van der Waals surface area contributed by atoms with Crippen LogP contribution in [-0.2, 0) is 9.53 Å². The predicted octanol–water partition coefficient (Wildman–Crippen LogP) is 1.32. The molecule has 3 heteroatoms. The molecule has 0 aliphatic rings. The van der Waals surface area contributed by atoms with E-state index in [0.717, 1.165) is 26.0 Å². The van der Waals surface area contributed by atoms with Gasteiger partial charge in [0.25, 0.3) is 0 Å². The van der Waals surface area contributed by atoms with Crippen molar-refractivity contribution in [2.75, 3.05) is 33.9 Å². The van der Waals surface area contributed by atoms with Gasteiger partial charge in [-0.25, -0.2) is 0 Å². The summed E-state index contributed by atoms with van der Waals surface area (Å²) in [5.41, 5.74) is 0. The zero-order valence-corrected chi connectivity index (χ0v) is 9.01. The van der Waals surface area contributed by atoms with Crippen LogP contribution in [0, 0.1) is 0 Å². The molecule has 0 aromatic rings. The third kappa shape index (κ3) is 7.94. The fourth-order valence-corrected chi connectivity index (χ4v) is 1.22. The van der Waals surface area contributed by atoms with Gasteiger partial charge < -0.3 is 4.74 Å². The number of methoxy groups -OCH3 is 1. The summed E-state index contributed by atoms with van der Waals surface area (Å²) in [5.74, 6) is 0.336. The molecule has 0 saturated carbocycles. The first-order chi connectivity index (χ1) is 6.20. The zero-order valence-electron chi connectivity index (χ0n) is 9.01. The Kier molecular flexibility index (Phi) is 7.94. The van der Waals surface area contributed by atoms with Gasteiger partial charge in [-0.1, -0.05) is 6.92 Å². The average Bonchev–Trinajstić information content (AvgIpc) is 2.05. The summed E-state index contributed by atoms with van der Waals surface area (Å²) in [5, 5.41) is 0. The lowest BCUT2D eigenvalue weighted by molar-refractivity contribution is -0.120. The van der Waals surface area contributed by atoms with Crippen molar-refractivity contribution in [3.8, 4) is 0 Å². The van der Waals surface area contributed by atoms with E-state index >= 15 is 0 Å². The summed E-state index contributed by atoms with van der Waals surface area (Å²) in [6, 6.07) is 0. The van der Waals surface area contributed by atoms with Gasteiger partial charge in [0.2, 0.25) is 0 Å². The van der Waals surface area contributed by atoms with Crippen molar-refractivity contribution in [1.82, 2.24) is 4.90 Å². The first-order valence-corrected chi connectivity index (χ1v) is 4.89. The summed E-state index contributed by atoms with van der Waals surface area (Å²) in [7, 11) is 3.67. The Bertz CT molecular complexity index is 137. The third-order valence-corrected chi connectivity index (χ3v) is 1.86. The Morgan fingerprint density at radius 2 is 2.15 bits per heavy atom. The van der Waals surface area contributed by atoms with E-state index in [1.165, 1.54) is 0 Å². The molecule has 0 aliphatic carbocycles. The number of rotatable bonds is 8. The molecule has 0 radical (unpaired) electrons. The maximum absolute atomic E-state index is 11.2. The standard InChI is InChI=1S/C10H21NO2/c1-4-6-10(12)9-11(2)7-5-8-13-3/h4-9H2,1-3H3. The number of Topliss-reactive ketones (excluding diaryl/α,β-unsaturated/α-hetero) is 1. The summed E-state index contributed by atoms with van der Waals surface area (Å²) < 4.78 is 4.93. The van der Waals surface area contributed by atoms with Crippen molar-refractivity contribution in [2.45, 2.75) is 26.2 Å². The number of carbonyl (C=O) groups is 1. The molecule has 13 heavy (non-hydrogen) atoms. The van der Waals surface area contributed by atoms with E-state index in [2.05, 4.69) is 4.90 Å². The monoisotopic (exact) mass is 187 g/mol. The Balaban J connectivity index is 3.38. The molecule has 0 spiro atoms.